The predicted molar refractivity (Wildman–Crippen MR) is 146 cm³/mol. The average molecular weight is 499 g/mol. The molecule has 0 bridgehead atoms. The van der Waals surface area contributed by atoms with Crippen LogP contribution >= 0.6 is 0 Å². The number of carbonyl (C=O) groups is 2. The molecule has 2 aromatic carbocycles. The van der Waals surface area contributed by atoms with Crippen LogP contribution in [0, 0.1) is 0 Å². The maximum Gasteiger partial charge on any atom is 0.253 e. The molecule has 37 heavy (non-hydrogen) atoms. The van der Waals surface area contributed by atoms with Gasteiger partial charge in [0.25, 0.3) is 11.8 Å². The van der Waals surface area contributed by atoms with Gasteiger partial charge < -0.3 is 25.3 Å². The third kappa shape index (κ3) is 5.07. The number of hydrogen-bond acceptors (Lipinski definition) is 6. The van der Waals surface area contributed by atoms with Crippen LogP contribution in [0.2, 0.25) is 0 Å². The number of aryl methyl sites for hydroxylation is 1. The van der Waals surface area contributed by atoms with Crippen molar-refractivity contribution in [3.05, 3.63) is 72.6 Å². The van der Waals surface area contributed by atoms with Gasteiger partial charge in [-0.1, -0.05) is 30.8 Å². The van der Waals surface area contributed by atoms with E-state index in [0.717, 1.165) is 27.8 Å². The van der Waals surface area contributed by atoms with Crippen LogP contribution in [0.5, 0.6) is 0 Å². The fourth-order valence-electron chi connectivity index (χ4n) is 4.17. The molecule has 2 aromatic heterocycles. The highest BCUT2D eigenvalue weighted by Gasteiger charge is 2.22. The number of rotatable bonds is 8. The topological polar surface area (TPSA) is 115 Å². The van der Waals surface area contributed by atoms with Crippen LogP contribution in [-0.4, -0.2) is 58.6 Å². The third-order valence-electron chi connectivity index (χ3n) is 6.20. The monoisotopic (exact) mass is 498 g/mol. The van der Waals surface area contributed by atoms with Crippen molar-refractivity contribution in [3.8, 4) is 22.4 Å². The van der Waals surface area contributed by atoms with Crippen molar-refractivity contribution in [2.45, 2.75) is 6.92 Å². The summed E-state index contributed by atoms with van der Waals surface area (Å²) in [5.74, 6) is 0.0484. The molecule has 2 amide bonds. The first-order chi connectivity index (χ1) is 17.7. The van der Waals surface area contributed by atoms with Gasteiger partial charge in [0.2, 0.25) is 0 Å². The molecule has 0 aliphatic rings. The first kappa shape index (κ1) is 25.6. The van der Waals surface area contributed by atoms with Crippen LogP contribution in [-0.2, 0) is 16.6 Å². The smallest absolute Gasteiger partial charge is 0.253 e. The molecule has 0 unspecified atom stereocenters. The molecular formula is C28H30N6O3. The summed E-state index contributed by atoms with van der Waals surface area (Å²) in [4.78, 5) is 35.1. The van der Waals surface area contributed by atoms with Gasteiger partial charge in [0, 0.05) is 50.1 Å². The number of hydrogen-bond donors (Lipinski definition) is 2. The van der Waals surface area contributed by atoms with E-state index in [9.17, 15) is 9.59 Å². The molecule has 2 heterocycles. The van der Waals surface area contributed by atoms with Crippen molar-refractivity contribution in [1.82, 2.24) is 19.4 Å². The Bertz CT molecular complexity index is 1470. The number of amides is 2. The van der Waals surface area contributed by atoms with Crippen LogP contribution in [0.15, 0.2) is 67.0 Å². The van der Waals surface area contributed by atoms with Crippen molar-refractivity contribution < 1.29 is 14.3 Å². The average Bonchev–Trinajstić information content (AvgIpc) is 3.20. The van der Waals surface area contributed by atoms with Crippen molar-refractivity contribution in [1.29, 1.82) is 0 Å². The standard InChI is InChI=1S/C28H30N6O3/c1-17(2)27(35)32-21-12-10-19(11-13-21)24-22(23-25(29)30-16-31-26(23)34(24)4)18-6-8-20(9-7-18)28(36)33(3)14-15-37-5/h6-13,16H,1,14-15H2,2-5H3,(H,32,35)(H2,29,30,31). The van der Waals surface area contributed by atoms with Crippen LogP contribution in [0.3, 0.4) is 0 Å². The number of ether oxygens (including phenoxy) is 1. The summed E-state index contributed by atoms with van der Waals surface area (Å²) >= 11 is 0. The molecule has 4 rings (SSSR count). The molecule has 0 saturated carbocycles. The summed E-state index contributed by atoms with van der Waals surface area (Å²) in [6.45, 7) is 6.30. The van der Waals surface area contributed by atoms with Crippen LogP contribution in [0.25, 0.3) is 33.4 Å². The van der Waals surface area contributed by atoms with E-state index in [1.807, 2.05) is 48.0 Å². The second-order valence-corrected chi connectivity index (χ2v) is 8.85. The number of benzene rings is 2. The summed E-state index contributed by atoms with van der Waals surface area (Å²) in [5, 5.41) is 3.56. The molecule has 0 atom stereocenters. The Morgan fingerprint density at radius 1 is 1.08 bits per heavy atom. The number of fused-ring (bicyclic) bond motifs is 1. The maximum absolute atomic E-state index is 12.8. The molecule has 3 N–H and O–H groups in total. The molecule has 0 saturated heterocycles. The molecule has 0 fully saturated rings. The van der Waals surface area contributed by atoms with Gasteiger partial charge in [-0.15, -0.1) is 0 Å². The molecule has 0 radical (unpaired) electrons. The zero-order valence-electron chi connectivity index (χ0n) is 21.4. The predicted octanol–water partition coefficient (Wildman–Crippen LogP) is 4.12. The number of likely N-dealkylation sites (N-methyl/N-ethyl adjacent to an activating group) is 1. The number of nitrogens with zero attached hydrogens (tertiary/aromatic N) is 4. The lowest BCUT2D eigenvalue weighted by Crippen LogP contribution is -2.29. The third-order valence-corrected chi connectivity index (χ3v) is 6.20. The van der Waals surface area contributed by atoms with Gasteiger partial charge in [0.05, 0.1) is 17.7 Å². The number of anilines is 2. The van der Waals surface area contributed by atoms with Crippen molar-refractivity contribution in [2.24, 2.45) is 7.05 Å². The highest BCUT2D eigenvalue weighted by atomic mass is 16.5. The molecule has 0 spiro atoms. The number of nitrogens with one attached hydrogen (secondary N) is 1. The minimum absolute atomic E-state index is 0.0861. The maximum atomic E-state index is 12.8. The zero-order valence-corrected chi connectivity index (χ0v) is 21.4. The Morgan fingerprint density at radius 3 is 2.35 bits per heavy atom. The minimum Gasteiger partial charge on any atom is -0.383 e. The lowest BCUT2D eigenvalue weighted by Gasteiger charge is -2.17. The lowest BCUT2D eigenvalue weighted by atomic mass is 9.97. The van der Waals surface area contributed by atoms with Crippen molar-refractivity contribution in [3.63, 3.8) is 0 Å². The highest BCUT2D eigenvalue weighted by Crippen LogP contribution is 2.41. The molecule has 9 nitrogen and oxygen atoms in total. The quantitative estimate of drug-likeness (QED) is 0.353. The van der Waals surface area contributed by atoms with E-state index < -0.39 is 0 Å². The Labute approximate surface area is 215 Å². The Morgan fingerprint density at radius 2 is 1.73 bits per heavy atom. The Balaban J connectivity index is 1.79. The second kappa shape index (κ2) is 10.6. The number of aromatic nitrogens is 3. The minimum atomic E-state index is -0.233. The van der Waals surface area contributed by atoms with Crippen LogP contribution in [0.1, 0.15) is 17.3 Å². The normalized spacial score (nSPS) is 10.9. The van der Waals surface area contributed by atoms with Gasteiger partial charge in [-0.25, -0.2) is 9.97 Å². The number of methoxy groups -OCH3 is 1. The highest BCUT2D eigenvalue weighted by molar-refractivity contribution is 6.08. The van der Waals surface area contributed by atoms with E-state index in [1.54, 1.807) is 38.1 Å². The summed E-state index contributed by atoms with van der Waals surface area (Å²) in [7, 11) is 5.28. The van der Waals surface area contributed by atoms with E-state index in [1.165, 1.54) is 6.33 Å². The largest absolute Gasteiger partial charge is 0.383 e. The summed E-state index contributed by atoms with van der Waals surface area (Å²) in [6.07, 6.45) is 1.44. The molecule has 4 aromatic rings. The van der Waals surface area contributed by atoms with Gasteiger partial charge in [-0.2, -0.15) is 0 Å². The lowest BCUT2D eigenvalue weighted by molar-refractivity contribution is -0.112. The molecule has 0 aliphatic heterocycles. The van der Waals surface area contributed by atoms with Gasteiger partial charge in [-0.3, -0.25) is 9.59 Å². The van der Waals surface area contributed by atoms with Crippen molar-refractivity contribution >= 4 is 34.4 Å². The molecule has 0 aliphatic carbocycles. The van der Waals surface area contributed by atoms with Crippen LogP contribution < -0.4 is 11.1 Å². The summed E-state index contributed by atoms with van der Waals surface area (Å²) in [6, 6.07) is 15.0. The summed E-state index contributed by atoms with van der Waals surface area (Å²) in [5.41, 5.74) is 12.2. The first-order valence-electron chi connectivity index (χ1n) is 11.7. The van der Waals surface area contributed by atoms with E-state index in [2.05, 4.69) is 21.9 Å². The van der Waals surface area contributed by atoms with E-state index in [4.69, 9.17) is 10.5 Å². The number of nitrogens with two attached hydrogens (primary N) is 1. The fraction of sp³-hybridized carbons (Fsp3) is 0.214. The van der Waals surface area contributed by atoms with Gasteiger partial charge in [-0.05, 0) is 42.3 Å². The SMILES string of the molecule is C=C(C)C(=O)Nc1ccc(-c2c(-c3ccc(C(=O)N(C)CCOC)cc3)c3c(N)ncnc3n2C)cc1. The molecule has 190 valence electrons. The van der Waals surface area contributed by atoms with Gasteiger partial charge in [0.15, 0.2) is 0 Å². The Kier molecular flexibility index (Phi) is 7.35. The van der Waals surface area contributed by atoms with E-state index in [-0.39, 0.29) is 11.8 Å². The summed E-state index contributed by atoms with van der Waals surface area (Å²) < 4.78 is 7.05. The number of nitrogen functional groups attached to an aromatic ring is 1. The van der Waals surface area contributed by atoms with Gasteiger partial charge >= 0.3 is 0 Å². The van der Waals surface area contributed by atoms with Gasteiger partial charge in [0.1, 0.15) is 17.8 Å². The van der Waals surface area contributed by atoms with Crippen molar-refractivity contribution in [2.75, 3.05) is 38.4 Å². The van der Waals surface area contributed by atoms with Crippen LogP contribution in [0.4, 0.5) is 11.5 Å². The van der Waals surface area contributed by atoms with E-state index >= 15 is 0 Å². The number of carbonyl (C=O) groups excluding carboxylic acids is 2. The fourth-order valence-corrected chi connectivity index (χ4v) is 4.17. The first-order valence-corrected chi connectivity index (χ1v) is 11.7. The molecule has 9 heteroatoms. The zero-order chi connectivity index (χ0) is 26.7. The molecular weight excluding hydrogens is 468 g/mol. The second-order valence-electron chi connectivity index (χ2n) is 8.85. The van der Waals surface area contributed by atoms with E-state index in [0.29, 0.717) is 41.4 Å². The Hall–Kier alpha value is -4.50.